The van der Waals surface area contributed by atoms with Gasteiger partial charge in [0.15, 0.2) is 11.5 Å². The number of fused-ring (bicyclic) bond motifs is 2. The minimum absolute atomic E-state index is 0.130. The number of hydrogen-bond acceptors (Lipinski definition) is 6. The predicted molar refractivity (Wildman–Crippen MR) is 124 cm³/mol. The van der Waals surface area contributed by atoms with Crippen molar-refractivity contribution in [2.75, 3.05) is 13.2 Å². The predicted octanol–water partition coefficient (Wildman–Crippen LogP) is 4.87. The minimum Gasteiger partial charge on any atom is -0.490 e. The molecule has 0 radical (unpaired) electrons. The van der Waals surface area contributed by atoms with Gasteiger partial charge < -0.3 is 14.6 Å². The molecule has 0 aliphatic carbocycles. The number of rotatable bonds is 5. The second-order valence-corrected chi connectivity index (χ2v) is 8.58. The second kappa shape index (κ2) is 8.47. The summed E-state index contributed by atoms with van der Waals surface area (Å²) in [7, 11) is 1.85. The Morgan fingerprint density at radius 2 is 2.00 bits per heavy atom. The van der Waals surface area contributed by atoms with Crippen LogP contribution in [0.2, 0.25) is 0 Å². The van der Waals surface area contributed by atoms with E-state index in [-0.39, 0.29) is 6.42 Å². The van der Waals surface area contributed by atoms with Crippen molar-refractivity contribution < 1.29 is 19.4 Å². The Labute approximate surface area is 188 Å². The van der Waals surface area contributed by atoms with Crippen LogP contribution in [0.25, 0.3) is 33.1 Å². The average Bonchev–Trinajstić information content (AvgIpc) is 3.28. The Bertz CT molecular complexity index is 1310. The zero-order chi connectivity index (χ0) is 22.1. The van der Waals surface area contributed by atoms with Crippen molar-refractivity contribution in [2.45, 2.75) is 12.8 Å². The molecule has 3 heterocycles. The number of hydrogen-bond donors (Lipinski definition) is 1. The standard InChI is InChI=1S/C24H21N3O4S/c1-27-14-17(23(26-27)15-7-8-19-20(12-15)31-10-4-9-30-19)11-16(13-22(28)29)24-25-18-5-2-3-6-21(18)32-24/h2-3,5-8,11-12,14H,4,9-10,13H2,1H3,(H,28,29)/b16-11+. The van der Waals surface area contributed by atoms with Crippen LogP contribution in [-0.4, -0.2) is 39.1 Å². The lowest BCUT2D eigenvalue weighted by atomic mass is 10.0. The fourth-order valence-corrected chi connectivity index (χ4v) is 4.68. The molecule has 2 aromatic carbocycles. The lowest BCUT2D eigenvalue weighted by Crippen LogP contribution is -1.97. The molecule has 0 fully saturated rings. The highest BCUT2D eigenvalue weighted by Gasteiger charge is 2.18. The smallest absolute Gasteiger partial charge is 0.307 e. The van der Waals surface area contributed by atoms with Crippen LogP contribution < -0.4 is 9.47 Å². The van der Waals surface area contributed by atoms with Crippen molar-refractivity contribution in [3.8, 4) is 22.8 Å². The van der Waals surface area contributed by atoms with Gasteiger partial charge in [-0.25, -0.2) is 4.98 Å². The fourth-order valence-electron chi connectivity index (χ4n) is 3.70. The molecule has 0 unspecified atom stereocenters. The topological polar surface area (TPSA) is 86.5 Å². The Hall–Kier alpha value is -3.65. The highest BCUT2D eigenvalue weighted by molar-refractivity contribution is 7.19. The van der Waals surface area contributed by atoms with Crippen molar-refractivity contribution in [1.82, 2.24) is 14.8 Å². The normalized spacial score (nSPS) is 13.8. The zero-order valence-corrected chi connectivity index (χ0v) is 18.3. The summed E-state index contributed by atoms with van der Waals surface area (Å²) in [4.78, 5) is 16.3. The van der Waals surface area contributed by atoms with Crippen molar-refractivity contribution in [3.05, 3.63) is 59.2 Å². The third kappa shape index (κ3) is 4.09. The van der Waals surface area contributed by atoms with E-state index in [9.17, 15) is 9.90 Å². The number of para-hydroxylation sites is 1. The van der Waals surface area contributed by atoms with Crippen LogP contribution in [0.4, 0.5) is 0 Å². The number of carboxylic acids is 1. The molecule has 0 saturated heterocycles. The van der Waals surface area contributed by atoms with Gasteiger partial charge >= 0.3 is 5.97 Å². The Balaban J connectivity index is 1.59. The van der Waals surface area contributed by atoms with Crippen LogP contribution in [0.5, 0.6) is 11.5 Å². The highest BCUT2D eigenvalue weighted by Crippen LogP contribution is 2.36. The van der Waals surface area contributed by atoms with E-state index in [0.717, 1.165) is 39.2 Å². The van der Waals surface area contributed by atoms with Crippen molar-refractivity contribution in [2.24, 2.45) is 7.05 Å². The van der Waals surface area contributed by atoms with Crippen molar-refractivity contribution in [3.63, 3.8) is 0 Å². The number of nitrogens with zero attached hydrogens (tertiary/aromatic N) is 3. The van der Waals surface area contributed by atoms with Crippen molar-refractivity contribution >= 4 is 39.2 Å². The Kier molecular flexibility index (Phi) is 5.36. The molecule has 0 atom stereocenters. The summed E-state index contributed by atoms with van der Waals surface area (Å²) in [5, 5.41) is 14.9. The molecule has 1 aliphatic heterocycles. The van der Waals surface area contributed by atoms with Gasteiger partial charge in [0.1, 0.15) is 5.01 Å². The SMILES string of the molecule is Cn1cc(/C=C(\CC(=O)O)c2nc3ccccc3s2)c(-c2ccc3c(c2)OCCCO3)n1. The van der Waals surface area contributed by atoms with E-state index in [1.54, 1.807) is 4.68 Å². The van der Waals surface area contributed by atoms with Gasteiger partial charge in [0.05, 0.1) is 35.5 Å². The maximum Gasteiger partial charge on any atom is 0.307 e. The van der Waals surface area contributed by atoms with Gasteiger partial charge in [0.25, 0.3) is 0 Å². The quantitative estimate of drug-likeness (QED) is 0.470. The number of aryl methyl sites for hydroxylation is 1. The van der Waals surface area contributed by atoms with E-state index in [4.69, 9.17) is 9.47 Å². The molecule has 2 aromatic heterocycles. The molecule has 8 heteroatoms. The number of carboxylic acid groups (broad SMARTS) is 1. The summed E-state index contributed by atoms with van der Waals surface area (Å²) < 4.78 is 14.3. The minimum atomic E-state index is -0.906. The van der Waals surface area contributed by atoms with Crippen LogP contribution in [-0.2, 0) is 11.8 Å². The van der Waals surface area contributed by atoms with E-state index in [0.29, 0.717) is 29.5 Å². The number of aromatic nitrogens is 3. The lowest BCUT2D eigenvalue weighted by molar-refractivity contribution is -0.135. The molecular weight excluding hydrogens is 426 g/mol. The summed E-state index contributed by atoms with van der Waals surface area (Å²) in [6, 6.07) is 13.6. The third-order valence-corrected chi connectivity index (χ3v) is 6.23. The monoisotopic (exact) mass is 447 g/mol. The summed E-state index contributed by atoms with van der Waals surface area (Å²) in [5.41, 5.74) is 3.94. The van der Waals surface area contributed by atoms with E-state index < -0.39 is 5.97 Å². The van der Waals surface area contributed by atoms with E-state index in [2.05, 4.69) is 10.1 Å². The number of ether oxygens (including phenoxy) is 2. The van der Waals surface area contributed by atoms with Gasteiger partial charge in [-0.15, -0.1) is 11.3 Å². The number of benzene rings is 2. The lowest BCUT2D eigenvalue weighted by Gasteiger charge is -2.09. The van der Waals surface area contributed by atoms with Gasteiger partial charge in [-0.05, 0) is 42.0 Å². The number of thiazole rings is 1. The van der Waals surface area contributed by atoms with Crippen LogP contribution >= 0.6 is 11.3 Å². The maximum absolute atomic E-state index is 11.6. The molecule has 5 rings (SSSR count). The number of aliphatic carboxylic acids is 1. The second-order valence-electron chi connectivity index (χ2n) is 7.55. The van der Waals surface area contributed by atoms with Crippen LogP contribution in [0.3, 0.4) is 0 Å². The van der Waals surface area contributed by atoms with Gasteiger partial charge in [-0.1, -0.05) is 12.1 Å². The van der Waals surface area contributed by atoms with E-state index >= 15 is 0 Å². The maximum atomic E-state index is 11.6. The van der Waals surface area contributed by atoms with Gasteiger partial charge in [-0.2, -0.15) is 5.10 Å². The van der Waals surface area contributed by atoms with Crippen molar-refractivity contribution in [1.29, 1.82) is 0 Å². The highest BCUT2D eigenvalue weighted by atomic mass is 32.1. The average molecular weight is 448 g/mol. The van der Waals surface area contributed by atoms with E-state index in [1.807, 2.05) is 61.8 Å². The molecule has 0 spiro atoms. The number of carbonyl (C=O) groups is 1. The summed E-state index contributed by atoms with van der Waals surface area (Å²) in [5.74, 6) is 0.509. The zero-order valence-electron chi connectivity index (χ0n) is 17.4. The Morgan fingerprint density at radius 1 is 1.19 bits per heavy atom. The first-order valence-corrected chi connectivity index (χ1v) is 11.1. The van der Waals surface area contributed by atoms with Gasteiger partial charge in [-0.3, -0.25) is 9.48 Å². The summed E-state index contributed by atoms with van der Waals surface area (Å²) in [6.45, 7) is 1.23. The van der Waals surface area contributed by atoms with Crippen LogP contribution in [0.15, 0.2) is 48.7 Å². The third-order valence-electron chi connectivity index (χ3n) is 5.12. The molecule has 7 nitrogen and oxygen atoms in total. The largest absolute Gasteiger partial charge is 0.490 e. The molecule has 162 valence electrons. The fraction of sp³-hybridized carbons (Fsp3) is 0.208. The Morgan fingerprint density at radius 3 is 2.81 bits per heavy atom. The van der Waals surface area contributed by atoms with Gasteiger partial charge in [0.2, 0.25) is 0 Å². The molecule has 32 heavy (non-hydrogen) atoms. The molecule has 1 N–H and O–H groups in total. The molecule has 0 bridgehead atoms. The molecule has 1 aliphatic rings. The first kappa shape index (κ1) is 20.3. The summed E-state index contributed by atoms with van der Waals surface area (Å²) >= 11 is 1.49. The molecule has 4 aromatic rings. The first-order chi connectivity index (χ1) is 15.6. The van der Waals surface area contributed by atoms with E-state index in [1.165, 1.54) is 11.3 Å². The van der Waals surface area contributed by atoms with Gasteiger partial charge in [0, 0.05) is 30.8 Å². The first-order valence-electron chi connectivity index (χ1n) is 10.3. The van der Waals surface area contributed by atoms with Crippen LogP contribution in [0, 0.1) is 0 Å². The molecule has 0 saturated carbocycles. The molecular formula is C24H21N3O4S. The summed E-state index contributed by atoms with van der Waals surface area (Å²) in [6.07, 6.45) is 4.46. The van der Waals surface area contributed by atoms with Crippen LogP contribution in [0.1, 0.15) is 23.4 Å². The molecule has 0 amide bonds.